The van der Waals surface area contributed by atoms with Crippen LogP contribution in [0.5, 0.6) is 11.5 Å². The average molecular weight is 458 g/mol. The summed E-state index contributed by atoms with van der Waals surface area (Å²) in [4.78, 5) is 24.1. The van der Waals surface area contributed by atoms with Crippen molar-refractivity contribution in [1.82, 2.24) is 0 Å². The maximum Gasteiger partial charge on any atom is 0.333 e. The molecule has 0 spiro atoms. The molecule has 1 atom stereocenters. The number of aliphatic carboxylic acids is 1. The van der Waals surface area contributed by atoms with Crippen LogP contribution >= 0.6 is 0 Å². The zero-order valence-corrected chi connectivity index (χ0v) is 20.3. The minimum atomic E-state index is -1.03. The molecule has 7 heteroatoms. The molecule has 0 aliphatic heterocycles. The number of benzene rings is 2. The van der Waals surface area contributed by atoms with Crippen molar-refractivity contribution in [3.05, 3.63) is 53.6 Å². The zero-order chi connectivity index (χ0) is 24.6. The highest BCUT2D eigenvalue weighted by Gasteiger charge is 2.21. The van der Waals surface area contributed by atoms with E-state index in [1.807, 2.05) is 31.2 Å². The normalized spacial score (nSPS) is 12.3. The summed E-state index contributed by atoms with van der Waals surface area (Å²) < 4.78 is 16.7. The van der Waals surface area contributed by atoms with Crippen LogP contribution in [0.4, 0.5) is 5.69 Å². The minimum absolute atomic E-state index is 0.0382. The molecule has 0 fully saturated rings. The molecule has 180 valence electrons. The number of nitrogens with one attached hydrogen (secondary N) is 1. The first-order valence-electron chi connectivity index (χ1n) is 11.2. The van der Waals surface area contributed by atoms with E-state index in [4.69, 9.17) is 14.2 Å². The number of rotatable bonds is 11. The maximum atomic E-state index is 12.5. The van der Waals surface area contributed by atoms with Crippen molar-refractivity contribution in [2.45, 2.75) is 65.6 Å². The van der Waals surface area contributed by atoms with Crippen molar-refractivity contribution in [3.63, 3.8) is 0 Å². The Hall–Kier alpha value is -3.06. The molecule has 33 heavy (non-hydrogen) atoms. The number of carbonyl (C=O) groups is 2. The summed E-state index contributed by atoms with van der Waals surface area (Å²) in [5, 5.41) is 12.2. The molecule has 1 unspecified atom stereocenters. The highest BCUT2D eigenvalue weighted by Crippen LogP contribution is 2.27. The Morgan fingerprint density at radius 1 is 1.03 bits per heavy atom. The van der Waals surface area contributed by atoms with Gasteiger partial charge >= 0.3 is 5.97 Å². The van der Waals surface area contributed by atoms with Gasteiger partial charge in [0.2, 0.25) is 0 Å². The van der Waals surface area contributed by atoms with E-state index in [-0.39, 0.29) is 30.5 Å². The smallest absolute Gasteiger partial charge is 0.333 e. The second-order valence-electron chi connectivity index (χ2n) is 9.09. The van der Waals surface area contributed by atoms with Gasteiger partial charge in [0, 0.05) is 6.42 Å². The van der Waals surface area contributed by atoms with Crippen molar-refractivity contribution < 1.29 is 28.9 Å². The second-order valence-corrected chi connectivity index (χ2v) is 9.09. The lowest BCUT2D eigenvalue weighted by molar-refractivity contribution is -0.153. The van der Waals surface area contributed by atoms with E-state index in [1.165, 1.54) is 5.56 Å². The first-order chi connectivity index (χ1) is 15.5. The van der Waals surface area contributed by atoms with Crippen molar-refractivity contribution >= 4 is 17.6 Å². The Bertz CT molecular complexity index is 931. The van der Waals surface area contributed by atoms with Gasteiger partial charge in [0.05, 0.1) is 18.4 Å². The molecule has 2 aromatic carbocycles. The summed E-state index contributed by atoms with van der Waals surface area (Å²) in [6.07, 6.45) is -1.03. The van der Waals surface area contributed by atoms with Gasteiger partial charge in [0.25, 0.3) is 5.91 Å². The summed E-state index contributed by atoms with van der Waals surface area (Å²) in [6, 6.07) is 12.9. The van der Waals surface area contributed by atoms with Crippen molar-refractivity contribution in [1.29, 1.82) is 0 Å². The van der Waals surface area contributed by atoms with Crippen LogP contribution in [-0.4, -0.2) is 42.4 Å². The van der Waals surface area contributed by atoms with E-state index in [2.05, 4.69) is 26.1 Å². The molecule has 0 saturated carbocycles. The van der Waals surface area contributed by atoms with Crippen molar-refractivity contribution in [2.24, 2.45) is 0 Å². The van der Waals surface area contributed by atoms with Crippen LogP contribution in [-0.2, 0) is 26.2 Å². The largest absolute Gasteiger partial charge is 0.492 e. The van der Waals surface area contributed by atoms with E-state index in [1.54, 1.807) is 32.0 Å². The maximum absolute atomic E-state index is 12.5. The number of ether oxygens (including phenoxy) is 3. The van der Waals surface area contributed by atoms with Gasteiger partial charge in [-0.2, -0.15) is 0 Å². The molecule has 0 saturated heterocycles. The molecule has 1 amide bonds. The molecule has 0 aromatic heterocycles. The number of hydrogen-bond acceptors (Lipinski definition) is 5. The Morgan fingerprint density at radius 2 is 1.70 bits per heavy atom. The molecule has 2 aromatic rings. The standard InChI is InChI=1S/C26H35NO6/c1-7-31-22-13-8-18(15-23(25(29)30)33-17(2)3)14-21(22)27-24(28)16-32-20-11-9-19(10-12-20)26(4,5)6/h8-14,17,23H,7,15-16H2,1-6H3,(H,27,28)(H,29,30). The average Bonchev–Trinajstić information content (AvgIpc) is 2.73. The van der Waals surface area contributed by atoms with Crippen LogP contribution in [0.3, 0.4) is 0 Å². The van der Waals surface area contributed by atoms with Gasteiger partial charge in [-0.05, 0) is 61.6 Å². The van der Waals surface area contributed by atoms with Gasteiger partial charge in [-0.25, -0.2) is 4.79 Å². The van der Waals surface area contributed by atoms with E-state index in [0.29, 0.717) is 29.4 Å². The summed E-state index contributed by atoms with van der Waals surface area (Å²) >= 11 is 0. The summed E-state index contributed by atoms with van der Waals surface area (Å²) in [5.41, 5.74) is 2.38. The third-order valence-electron chi connectivity index (χ3n) is 4.84. The number of anilines is 1. The van der Waals surface area contributed by atoms with Gasteiger partial charge in [0.1, 0.15) is 11.5 Å². The lowest BCUT2D eigenvalue weighted by Crippen LogP contribution is -2.29. The summed E-state index contributed by atoms with van der Waals surface area (Å²) in [6.45, 7) is 12.1. The third-order valence-corrected chi connectivity index (χ3v) is 4.84. The Labute approximate surface area is 196 Å². The first kappa shape index (κ1) is 26.2. The molecule has 2 rings (SSSR count). The van der Waals surface area contributed by atoms with Crippen LogP contribution in [0.2, 0.25) is 0 Å². The molecule has 2 N–H and O–H groups in total. The molecule has 0 bridgehead atoms. The number of carboxylic acids is 1. The predicted octanol–water partition coefficient (Wildman–Crippen LogP) is 4.82. The number of carbonyl (C=O) groups excluding carboxylic acids is 1. The fraction of sp³-hybridized carbons (Fsp3) is 0.462. The fourth-order valence-electron chi connectivity index (χ4n) is 3.21. The van der Waals surface area contributed by atoms with Crippen LogP contribution < -0.4 is 14.8 Å². The lowest BCUT2D eigenvalue weighted by Gasteiger charge is -2.19. The second kappa shape index (κ2) is 11.7. The molecule has 7 nitrogen and oxygen atoms in total. The van der Waals surface area contributed by atoms with Crippen molar-refractivity contribution in [2.75, 3.05) is 18.5 Å². The molecule has 0 aliphatic rings. The topological polar surface area (TPSA) is 94.1 Å². The van der Waals surface area contributed by atoms with Gasteiger partial charge in [-0.1, -0.05) is 39.0 Å². The van der Waals surface area contributed by atoms with E-state index in [9.17, 15) is 14.7 Å². The lowest BCUT2D eigenvalue weighted by atomic mass is 9.87. The first-order valence-corrected chi connectivity index (χ1v) is 11.2. The van der Waals surface area contributed by atoms with E-state index < -0.39 is 12.1 Å². The van der Waals surface area contributed by atoms with Crippen LogP contribution in [0, 0.1) is 0 Å². The van der Waals surface area contributed by atoms with E-state index >= 15 is 0 Å². The van der Waals surface area contributed by atoms with Crippen LogP contribution in [0.25, 0.3) is 0 Å². The number of amides is 1. The molecular formula is C26H35NO6. The molecule has 0 radical (unpaired) electrons. The Balaban J connectivity index is 2.08. The van der Waals surface area contributed by atoms with Crippen molar-refractivity contribution in [3.8, 4) is 11.5 Å². The molecular weight excluding hydrogens is 422 g/mol. The Kier molecular flexibility index (Phi) is 9.29. The molecule has 0 aliphatic carbocycles. The number of hydrogen-bond donors (Lipinski definition) is 2. The van der Waals surface area contributed by atoms with Gasteiger partial charge < -0.3 is 24.6 Å². The Morgan fingerprint density at radius 3 is 2.24 bits per heavy atom. The van der Waals surface area contributed by atoms with Gasteiger partial charge in [0.15, 0.2) is 12.7 Å². The van der Waals surface area contributed by atoms with E-state index in [0.717, 1.165) is 0 Å². The van der Waals surface area contributed by atoms with Gasteiger partial charge in [-0.15, -0.1) is 0 Å². The summed E-state index contributed by atoms with van der Waals surface area (Å²) in [5.74, 6) is -0.275. The molecule has 0 heterocycles. The quantitative estimate of drug-likeness (QED) is 0.502. The monoisotopic (exact) mass is 457 g/mol. The third kappa shape index (κ3) is 8.42. The highest BCUT2D eigenvalue weighted by atomic mass is 16.5. The van der Waals surface area contributed by atoms with Crippen LogP contribution in [0.15, 0.2) is 42.5 Å². The zero-order valence-electron chi connectivity index (χ0n) is 20.3. The fourth-order valence-corrected chi connectivity index (χ4v) is 3.21. The predicted molar refractivity (Wildman–Crippen MR) is 128 cm³/mol. The van der Waals surface area contributed by atoms with Crippen LogP contribution in [0.1, 0.15) is 52.7 Å². The SMILES string of the molecule is CCOc1ccc(CC(OC(C)C)C(=O)O)cc1NC(=O)COc1ccc(C(C)(C)C)cc1. The van der Waals surface area contributed by atoms with Gasteiger partial charge in [-0.3, -0.25) is 4.79 Å². The summed E-state index contributed by atoms with van der Waals surface area (Å²) in [7, 11) is 0. The minimum Gasteiger partial charge on any atom is -0.492 e. The highest BCUT2D eigenvalue weighted by molar-refractivity contribution is 5.93. The number of carboxylic acid groups (broad SMARTS) is 1.